The van der Waals surface area contributed by atoms with Crippen molar-refractivity contribution in [2.75, 3.05) is 12.9 Å². The zero-order valence-corrected chi connectivity index (χ0v) is 17.1. The average Bonchev–Trinajstić information content (AvgIpc) is 3.41. The standard InChI is InChI=1S/C20H23N3O5S/c1-12-14(7-8-17(29(2,26)27)18(12)16-9-10-28-22-16)19(24)15-11-21-23(20(15)25)13-5-3-4-6-13/h7-9,11,13,21-22H,3-6,10H2,1-2H3. The van der Waals surface area contributed by atoms with Crippen molar-refractivity contribution in [3.05, 3.63) is 57.0 Å². The van der Waals surface area contributed by atoms with Gasteiger partial charge in [0.1, 0.15) is 5.56 Å². The number of nitrogens with zero attached hydrogens (tertiary/aromatic N) is 1. The Hall–Kier alpha value is -2.65. The Morgan fingerprint density at radius 3 is 2.55 bits per heavy atom. The number of aromatic amines is 1. The summed E-state index contributed by atoms with van der Waals surface area (Å²) < 4.78 is 26.1. The van der Waals surface area contributed by atoms with Crippen LogP contribution >= 0.6 is 0 Å². The van der Waals surface area contributed by atoms with Gasteiger partial charge in [0.15, 0.2) is 15.6 Å². The number of benzene rings is 1. The van der Waals surface area contributed by atoms with Crippen molar-refractivity contribution >= 4 is 21.3 Å². The number of aromatic nitrogens is 2. The number of rotatable bonds is 5. The summed E-state index contributed by atoms with van der Waals surface area (Å²) in [5.41, 5.74) is 4.08. The molecule has 1 fully saturated rings. The van der Waals surface area contributed by atoms with Gasteiger partial charge in [0.2, 0.25) is 0 Å². The van der Waals surface area contributed by atoms with Gasteiger partial charge in [0.05, 0.1) is 23.2 Å². The van der Waals surface area contributed by atoms with E-state index in [0.717, 1.165) is 31.9 Å². The molecule has 0 saturated heterocycles. The summed E-state index contributed by atoms with van der Waals surface area (Å²) in [5, 5.41) is 2.94. The van der Waals surface area contributed by atoms with Crippen molar-refractivity contribution in [3.8, 4) is 0 Å². The van der Waals surface area contributed by atoms with Gasteiger partial charge in [-0.1, -0.05) is 12.8 Å². The van der Waals surface area contributed by atoms with Crippen LogP contribution in [0.2, 0.25) is 0 Å². The van der Waals surface area contributed by atoms with E-state index in [1.807, 2.05) is 0 Å². The van der Waals surface area contributed by atoms with Gasteiger partial charge >= 0.3 is 0 Å². The summed E-state index contributed by atoms with van der Waals surface area (Å²) in [6.45, 7) is 1.97. The number of hydroxylamine groups is 1. The average molecular weight is 417 g/mol. The van der Waals surface area contributed by atoms with E-state index < -0.39 is 15.6 Å². The van der Waals surface area contributed by atoms with Crippen molar-refractivity contribution in [3.63, 3.8) is 0 Å². The normalized spacial score (nSPS) is 17.4. The lowest BCUT2D eigenvalue weighted by molar-refractivity contribution is 0.103. The quantitative estimate of drug-likeness (QED) is 0.721. The third-order valence-corrected chi connectivity index (χ3v) is 6.76. The Labute approximate surface area is 168 Å². The first kappa shape index (κ1) is 19.7. The number of carbonyl (C=O) groups is 1. The minimum Gasteiger partial charge on any atom is -0.302 e. The second-order valence-electron chi connectivity index (χ2n) is 7.54. The van der Waals surface area contributed by atoms with E-state index in [1.54, 1.807) is 13.0 Å². The van der Waals surface area contributed by atoms with Crippen LogP contribution in [0.5, 0.6) is 0 Å². The zero-order valence-electron chi connectivity index (χ0n) is 16.3. The summed E-state index contributed by atoms with van der Waals surface area (Å²) in [7, 11) is -3.54. The molecule has 4 rings (SSSR count). The topological polar surface area (TPSA) is 110 Å². The van der Waals surface area contributed by atoms with Gasteiger partial charge < -0.3 is 5.10 Å². The van der Waals surface area contributed by atoms with Crippen LogP contribution in [0.25, 0.3) is 5.70 Å². The maximum atomic E-state index is 13.2. The Morgan fingerprint density at radius 2 is 1.93 bits per heavy atom. The molecule has 9 heteroatoms. The number of sulfone groups is 1. The molecule has 1 saturated carbocycles. The summed E-state index contributed by atoms with van der Waals surface area (Å²) in [6.07, 6.45) is 8.26. The van der Waals surface area contributed by atoms with Crippen molar-refractivity contribution in [1.29, 1.82) is 0 Å². The highest BCUT2D eigenvalue weighted by atomic mass is 32.2. The molecule has 0 radical (unpaired) electrons. The monoisotopic (exact) mass is 417 g/mol. The van der Waals surface area contributed by atoms with Crippen molar-refractivity contribution < 1.29 is 18.0 Å². The van der Waals surface area contributed by atoms with Crippen LogP contribution in [-0.4, -0.2) is 36.8 Å². The zero-order chi connectivity index (χ0) is 20.8. The smallest absolute Gasteiger partial charge is 0.277 e. The lowest BCUT2D eigenvalue weighted by atomic mass is 9.95. The van der Waals surface area contributed by atoms with E-state index >= 15 is 0 Å². The van der Waals surface area contributed by atoms with Gasteiger partial charge in [0.25, 0.3) is 5.56 Å². The summed E-state index contributed by atoms with van der Waals surface area (Å²) >= 11 is 0. The fraction of sp³-hybridized carbons (Fsp3) is 0.400. The van der Waals surface area contributed by atoms with Crippen molar-refractivity contribution in [1.82, 2.24) is 15.3 Å². The molecule has 2 heterocycles. The first-order valence-corrected chi connectivity index (χ1v) is 11.4. The Morgan fingerprint density at radius 1 is 1.21 bits per heavy atom. The molecule has 1 aromatic heterocycles. The highest BCUT2D eigenvalue weighted by Crippen LogP contribution is 2.31. The second-order valence-corrected chi connectivity index (χ2v) is 9.53. The van der Waals surface area contributed by atoms with Crippen LogP contribution in [0.1, 0.15) is 58.8 Å². The predicted octanol–water partition coefficient (Wildman–Crippen LogP) is 2.11. The van der Waals surface area contributed by atoms with E-state index in [1.165, 1.54) is 23.0 Å². The molecule has 8 nitrogen and oxygen atoms in total. The third-order valence-electron chi connectivity index (χ3n) is 5.62. The van der Waals surface area contributed by atoms with Gasteiger partial charge in [0, 0.05) is 23.6 Å². The third kappa shape index (κ3) is 3.44. The van der Waals surface area contributed by atoms with Crippen LogP contribution in [-0.2, 0) is 14.7 Å². The molecule has 2 aromatic rings. The lowest BCUT2D eigenvalue weighted by Gasteiger charge is -2.15. The lowest BCUT2D eigenvalue weighted by Crippen LogP contribution is -2.25. The Kier molecular flexibility index (Phi) is 4.95. The second kappa shape index (κ2) is 7.31. The predicted molar refractivity (Wildman–Crippen MR) is 107 cm³/mol. The molecule has 0 amide bonds. The van der Waals surface area contributed by atoms with E-state index in [0.29, 0.717) is 23.4 Å². The van der Waals surface area contributed by atoms with Crippen LogP contribution < -0.4 is 11.0 Å². The highest BCUT2D eigenvalue weighted by molar-refractivity contribution is 7.90. The molecule has 1 aromatic carbocycles. The minimum absolute atomic E-state index is 0.0580. The highest BCUT2D eigenvalue weighted by Gasteiger charge is 2.27. The molecule has 1 aliphatic heterocycles. The van der Waals surface area contributed by atoms with E-state index in [2.05, 4.69) is 10.6 Å². The fourth-order valence-electron chi connectivity index (χ4n) is 4.14. The van der Waals surface area contributed by atoms with Gasteiger partial charge in [-0.05, 0) is 43.5 Å². The van der Waals surface area contributed by atoms with Crippen LogP contribution in [0, 0.1) is 6.92 Å². The number of H-pyrrole nitrogens is 1. The molecular weight excluding hydrogens is 394 g/mol. The number of carbonyl (C=O) groups excluding carboxylic acids is 1. The summed E-state index contributed by atoms with van der Waals surface area (Å²) in [5.74, 6) is -0.429. The van der Waals surface area contributed by atoms with Gasteiger partial charge in [-0.2, -0.15) is 0 Å². The SMILES string of the molecule is Cc1c(C(=O)c2c[nH]n(C3CCCC3)c2=O)ccc(S(C)(=O)=O)c1C1=CCON1. The largest absolute Gasteiger partial charge is 0.302 e. The van der Waals surface area contributed by atoms with Crippen LogP contribution in [0.15, 0.2) is 34.1 Å². The maximum absolute atomic E-state index is 13.2. The van der Waals surface area contributed by atoms with Gasteiger partial charge in [-0.15, -0.1) is 0 Å². The molecule has 0 atom stereocenters. The Bertz CT molecular complexity index is 1170. The fourth-order valence-corrected chi connectivity index (χ4v) is 5.09. The van der Waals surface area contributed by atoms with E-state index in [-0.39, 0.29) is 27.6 Å². The number of nitrogens with one attached hydrogen (secondary N) is 2. The molecule has 2 aliphatic rings. The number of ketones is 1. The molecule has 0 bridgehead atoms. The first-order valence-electron chi connectivity index (χ1n) is 9.55. The van der Waals surface area contributed by atoms with E-state index in [4.69, 9.17) is 4.84 Å². The first-order chi connectivity index (χ1) is 13.8. The minimum atomic E-state index is -3.54. The van der Waals surface area contributed by atoms with Crippen LogP contribution in [0.3, 0.4) is 0 Å². The molecule has 0 unspecified atom stereocenters. The maximum Gasteiger partial charge on any atom is 0.277 e. The van der Waals surface area contributed by atoms with Gasteiger partial charge in [-0.25, -0.2) is 13.1 Å². The van der Waals surface area contributed by atoms with E-state index in [9.17, 15) is 18.0 Å². The molecule has 29 heavy (non-hydrogen) atoms. The molecule has 2 N–H and O–H groups in total. The van der Waals surface area contributed by atoms with Gasteiger partial charge in [-0.3, -0.25) is 19.9 Å². The summed E-state index contributed by atoms with van der Waals surface area (Å²) in [6, 6.07) is 2.98. The number of hydrogen-bond donors (Lipinski definition) is 2. The van der Waals surface area contributed by atoms with Crippen LogP contribution in [0.4, 0.5) is 0 Å². The molecule has 1 aliphatic carbocycles. The summed E-state index contributed by atoms with van der Waals surface area (Å²) in [4.78, 5) is 31.2. The molecule has 154 valence electrons. The molecular formula is C20H23N3O5S. The number of hydrogen-bond acceptors (Lipinski definition) is 6. The van der Waals surface area contributed by atoms with Crippen molar-refractivity contribution in [2.24, 2.45) is 0 Å². The Balaban J connectivity index is 1.81. The van der Waals surface area contributed by atoms with Crippen molar-refractivity contribution in [2.45, 2.75) is 43.5 Å². The molecule has 0 spiro atoms.